The molecule has 2 rings (SSSR count). The van der Waals surface area contributed by atoms with E-state index < -0.39 is 0 Å². The highest BCUT2D eigenvalue weighted by molar-refractivity contribution is 5.80. The first-order chi connectivity index (χ1) is 9.28. The first kappa shape index (κ1) is 12.5. The van der Waals surface area contributed by atoms with Crippen LogP contribution >= 0.6 is 0 Å². The van der Waals surface area contributed by atoms with Crippen LogP contribution in [-0.4, -0.2) is 11.1 Å². The van der Waals surface area contributed by atoms with Crippen molar-refractivity contribution < 1.29 is 9.84 Å². The summed E-state index contributed by atoms with van der Waals surface area (Å²) >= 11 is 0. The average Bonchev–Trinajstić information content (AvgIpc) is 2.40. The van der Waals surface area contributed by atoms with E-state index in [1.165, 1.54) is 12.1 Å². The van der Waals surface area contributed by atoms with Crippen molar-refractivity contribution in [2.24, 2.45) is 4.99 Å². The minimum absolute atomic E-state index is 0.0410. The molecule has 5 heteroatoms. The summed E-state index contributed by atoms with van der Waals surface area (Å²) < 4.78 is 5.43. The van der Waals surface area contributed by atoms with Crippen LogP contribution in [0.2, 0.25) is 0 Å². The summed E-state index contributed by atoms with van der Waals surface area (Å²) in [6.45, 7) is 0. The third kappa shape index (κ3) is 3.75. The van der Waals surface area contributed by atoms with Crippen molar-refractivity contribution >= 4 is 11.7 Å². The zero-order chi connectivity index (χ0) is 13.5. The minimum Gasteiger partial charge on any atom is -0.508 e. The molecule has 2 aromatic rings. The van der Waals surface area contributed by atoms with E-state index in [0.29, 0.717) is 11.4 Å². The molecule has 0 fully saturated rings. The quantitative estimate of drug-likeness (QED) is 0.373. The lowest BCUT2D eigenvalue weighted by Gasteiger charge is -2.06. The summed E-state index contributed by atoms with van der Waals surface area (Å²) in [5.74, 6) is 0.654. The minimum atomic E-state index is 0.0410. The summed E-state index contributed by atoms with van der Waals surface area (Å²) in [7, 11) is 0. The number of para-hydroxylation sites is 1. The Bertz CT molecular complexity index is 618. The van der Waals surface area contributed by atoms with E-state index in [-0.39, 0.29) is 11.8 Å². The normalized spacial score (nSPS) is 10.6. The second-order valence-corrected chi connectivity index (χ2v) is 3.59. The van der Waals surface area contributed by atoms with Gasteiger partial charge in [-0.05, 0) is 24.3 Å². The van der Waals surface area contributed by atoms with Crippen LogP contribution in [0.5, 0.6) is 11.5 Å². The van der Waals surface area contributed by atoms with Gasteiger partial charge in [-0.25, -0.2) is 5.32 Å². The van der Waals surface area contributed by atoms with Gasteiger partial charge in [-0.3, -0.25) is 0 Å². The molecule has 0 radical (unpaired) electrons. The number of aliphatic imine (C=N–C) groups is 1. The molecule has 0 heterocycles. The van der Waals surface area contributed by atoms with Crippen molar-refractivity contribution in [2.75, 3.05) is 0 Å². The molecule has 0 saturated carbocycles. The molecular weight excluding hydrogens is 242 g/mol. The number of phenolic OH excluding ortho intramolecular Hbond substituents is 1. The Morgan fingerprint density at radius 3 is 2.63 bits per heavy atom. The third-order valence-corrected chi connectivity index (χ3v) is 2.18. The number of ether oxygens (including phenoxy) is 1. The number of hydrogen-bond acceptors (Lipinski definition) is 4. The van der Waals surface area contributed by atoms with Crippen molar-refractivity contribution in [2.45, 2.75) is 0 Å². The number of phenols is 1. The zero-order valence-electron chi connectivity index (χ0n) is 9.95. The van der Waals surface area contributed by atoms with E-state index in [1.54, 1.807) is 30.5 Å². The average molecular weight is 253 g/mol. The zero-order valence-corrected chi connectivity index (χ0v) is 9.95. The van der Waals surface area contributed by atoms with Gasteiger partial charge in [0.1, 0.15) is 11.5 Å². The van der Waals surface area contributed by atoms with Gasteiger partial charge in [0.25, 0.3) is 0 Å². The predicted molar refractivity (Wildman–Crippen MR) is 71.0 cm³/mol. The number of nitrogens with one attached hydrogen (secondary N) is 1. The molecule has 0 aliphatic carbocycles. The lowest BCUT2D eigenvalue weighted by atomic mass is 10.3. The molecule has 2 aromatic carbocycles. The second-order valence-electron chi connectivity index (χ2n) is 3.59. The Morgan fingerprint density at radius 2 is 1.95 bits per heavy atom. The van der Waals surface area contributed by atoms with E-state index >= 15 is 0 Å². The standard InChI is InChI=1S/C14H11N3O2/c15-10-16-14(19-13-7-2-1-3-8-13)17-11-5-4-6-12(18)9-11/h1-9,18H,(H,16,17). The summed E-state index contributed by atoms with van der Waals surface area (Å²) in [6.07, 6.45) is 1.75. The molecule has 0 bridgehead atoms. The topological polar surface area (TPSA) is 77.6 Å². The summed E-state index contributed by atoms with van der Waals surface area (Å²) in [4.78, 5) is 4.11. The Hall–Kier alpha value is -3.00. The van der Waals surface area contributed by atoms with Crippen molar-refractivity contribution in [1.29, 1.82) is 5.26 Å². The monoisotopic (exact) mass is 253 g/mol. The van der Waals surface area contributed by atoms with E-state index in [0.717, 1.165) is 0 Å². The molecule has 5 nitrogen and oxygen atoms in total. The number of benzene rings is 2. The number of aromatic hydroxyl groups is 1. The fourth-order valence-corrected chi connectivity index (χ4v) is 1.40. The molecule has 2 N–H and O–H groups in total. The lowest BCUT2D eigenvalue weighted by Crippen LogP contribution is -2.23. The van der Waals surface area contributed by atoms with Crippen molar-refractivity contribution in [1.82, 2.24) is 5.32 Å². The molecule has 0 spiro atoms. The highest BCUT2D eigenvalue weighted by Crippen LogP contribution is 2.19. The first-order valence-electron chi connectivity index (χ1n) is 5.53. The van der Waals surface area contributed by atoms with E-state index in [9.17, 15) is 5.11 Å². The maximum atomic E-state index is 9.35. The van der Waals surface area contributed by atoms with Crippen LogP contribution < -0.4 is 10.1 Å². The maximum Gasteiger partial charge on any atom is 0.309 e. The molecule has 0 saturated heterocycles. The number of nitriles is 1. The van der Waals surface area contributed by atoms with Gasteiger partial charge in [0.2, 0.25) is 0 Å². The van der Waals surface area contributed by atoms with Crippen LogP contribution in [0.3, 0.4) is 0 Å². The van der Waals surface area contributed by atoms with Crippen LogP contribution in [-0.2, 0) is 0 Å². The Balaban J connectivity index is 2.23. The van der Waals surface area contributed by atoms with Crippen LogP contribution in [0.1, 0.15) is 0 Å². The van der Waals surface area contributed by atoms with Crippen LogP contribution in [0.15, 0.2) is 59.6 Å². The molecular formula is C14H11N3O2. The smallest absolute Gasteiger partial charge is 0.309 e. The number of hydrogen-bond donors (Lipinski definition) is 2. The van der Waals surface area contributed by atoms with Crippen molar-refractivity contribution in [3.05, 3.63) is 54.6 Å². The van der Waals surface area contributed by atoms with Gasteiger partial charge in [-0.2, -0.15) is 10.3 Å². The molecule has 0 unspecified atom stereocenters. The second kappa shape index (κ2) is 6.07. The van der Waals surface area contributed by atoms with Gasteiger partial charge in [0.05, 0.1) is 5.69 Å². The Labute approximate surface area is 110 Å². The third-order valence-electron chi connectivity index (χ3n) is 2.18. The highest BCUT2D eigenvalue weighted by Gasteiger charge is 2.02. The van der Waals surface area contributed by atoms with Crippen molar-refractivity contribution in [3.63, 3.8) is 0 Å². The molecule has 19 heavy (non-hydrogen) atoms. The largest absolute Gasteiger partial charge is 0.508 e. The first-order valence-corrected chi connectivity index (χ1v) is 5.53. The maximum absolute atomic E-state index is 9.35. The van der Waals surface area contributed by atoms with Gasteiger partial charge >= 0.3 is 6.02 Å². The van der Waals surface area contributed by atoms with E-state index in [4.69, 9.17) is 10.00 Å². The van der Waals surface area contributed by atoms with Gasteiger partial charge < -0.3 is 9.84 Å². The fraction of sp³-hybridized carbons (Fsp3) is 0. The highest BCUT2D eigenvalue weighted by atomic mass is 16.5. The summed E-state index contributed by atoms with van der Waals surface area (Å²) in [6, 6.07) is 15.4. The SMILES string of the molecule is N#CNC(=Nc1cccc(O)c1)Oc1ccccc1. The van der Waals surface area contributed by atoms with E-state index in [2.05, 4.69) is 10.3 Å². The number of rotatable bonds is 2. The molecule has 0 aliphatic heterocycles. The lowest BCUT2D eigenvalue weighted by molar-refractivity contribution is 0.475. The van der Waals surface area contributed by atoms with Gasteiger partial charge in [-0.15, -0.1) is 0 Å². The van der Waals surface area contributed by atoms with Crippen LogP contribution in [0.25, 0.3) is 0 Å². The fourth-order valence-electron chi connectivity index (χ4n) is 1.40. The number of amidine groups is 1. The van der Waals surface area contributed by atoms with Gasteiger partial charge in [0, 0.05) is 6.07 Å². The van der Waals surface area contributed by atoms with Crippen LogP contribution in [0.4, 0.5) is 5.69 Å². The van der Waals surface area contributed by atoms with Crippen molar-refractivity contribution in [3.8, 4) is 17.7 Å². The molecule has 94 valence electrons. The predicted octanol–water partition coefficient (Wildman–Crippen LogP) is 2.53. The Morgan fingerprint density at radius 1 is 1.16 bits per heavy atom. The molecule has 0 amide bonds. The molecule has 0 aromatic heterocycles. The molecule has 0 atom stereocenters. The summed E-state index contributed by atoms with van der Waals surface area (Å²) in [5, 5.41) is 20.4. The van der Waals surface area contributed by atoms with Gasteiger partial charge in [-0.1, -0.05) is 24.3 Å². The van der Waals surface area contributed by atoms with Crippen LogP contribution in [0, 0.1) is 11.5 Å². The molecule has 0 aliphatic rings. The summed E-state index contributed by atoms with van der Waals surface area (Å²) in [5.41, 5.74) is 0.480. The van der Waals surface area contributed by atoms with E-state index in [1.807, 2.05) is 18.2 Å². The Kier molecular flexibility index (Phi) is 3.98. The van der Waals surface area contributed by atoms with Gasteiger partial charge in [0.15, 0.2) is 6.19 Å². The number of nitrogens with zero attached hydrogens (tertiary/aromatic N) is 2.